The maximum Gasteiger partial charge on any atom is 0.338 e. The molecule has 1 fully saturated rings. The summed E-state index contributed by atoms with van der Waals surface area (Å²) in [7, 11) is 0. The molecule has 146 valence electrons. The number of carbonyl (C=O) groups excluding carboxylic acids is 3. The van der Waals surface area contributed by atoms with Crippen molar-refractivity contribution < 1.29 is 19.1 Å². The summed E-state index contributed by atoms with van der Waals surface area (Å²) < 4.78 is 5.33. The van der Waals surface area contributed by atoms with Gasteiger partial charge in [-0.15, -0.1) is 0 Å². The van der Waals surface area contributed by atoms with E-state index in [1.165, 1.54) is 6.92 Å². The first-order valence-electron chi connectivity index (χ1n) is 9.34. The number of benzene rings is 2. The summed E-state index contributed by atoms with van der Waals surface area (Å²) in [4.78, 5) is 38.5. The lowest BCUT2D eigenvalue weighted by molar-refractivity contribution is -0.123. The molecule has 2 amide bonds. The molecule has 1 N–H and O–H groups in total. The predicted octanol–water partition coefficient (Wildman–Crippen LogP) is 3.61. The van der Waals surface area contributed by atoms with Crippen LogP contribution >= 0.6 is 0 Å². The molecule has 6 nitrogen and oxygen atoms in total. The number of hydrogen-bond donors (Lipinski definition) is 1. The van der Waals surface area contributed by atoms with Crippen LogP contribution in [0.2, 0.25) is 0 Å². The smallest absolute Gasteiger partial charge is 0.338 e. The van der Waals surface area contributed by atoms with Crippen LogP contribution in [0.15, 0.2) is 42.5 Å². The number of carbonyl (C=O) groups is 3. The third-order valence-electron chi connectivity index (χ3n) is 4.77. The van der Waals surface area contributed by atoms with E-state index in [9.17, 15) is 14.4 Å². The Labute approximate surface area is 164 Å². The van der Waals surface area contributed by atoms with Crippen molar-refractivity contribution in [1.82, 2.24) is 0 Å². The minimum atomic E-state index is -0.954. The Morgan fingerprint density at radius 2 is 1.93 bits per heavy atom. The van der Waals surface area contributed by atoms with Crippen LogP contribution in [-0.4, -0.2) is 30.4 Å². The lowest BCUT2D eigenvalue weighted by atomic mass is 10.1. The van der Waals surface area contributed by atoms with Crippen LogP contribution in [0.5, 0.6) is 0 Å². The average molecular weight is 380 g/mol. The third kappa shape index (κ3) is 4.39. The fourth-order valence-corrected chi connectivity index (χ4v) is 3.11. The van der Waals surface area contributed by atoms with Crippen molar-refractivity contribution in [3.05, 3.63) is 59.2 Å². The molecule has 0 saturated carbocycles. The van der Waals surface area contributed by atoms with Crippen molar-refractivity contribution >= 4 is 29.2 Å². The van der Waals surface area contributed by atoms with Gasteiger partial charge in [-0.2, -0.15) is 0 Å². The number of nitrogens with zero attached hydrogens (tertiary/aromatic N) is 1. The minimum Gasteiger partial charge on any atom is -0.449 e. The van der Waals surface area contributed by atoms with E-state index in [-0.39, 0.29) is 5.91 Å². The number of anilines is 2. The number of rotatable bonds is 5. The van der Waals surface area contributed by atoms with Crippen LogP contribution in [-0.2, 0) is 14.3 Å². The van der Waals surface area contributed by atoms with Gasteiger partial charge in [-0.05, 0) is 62.6 Å². The Balaban J connectivity index is 1.66. The van der Waals surface area contributed by atoms with Crippen molar-refractivity contribution in [3.8, 4) is 0 Å². The Morgan fingerprint density at radius 1 is 1.14 bits per heavy atom. The summed E-state index contributed by atoms with van der Waals surface area (Å²) >= 11 is 0. The van der Waals surface area contributed by atoms with Crippen LogP contribution < -0.4 is 10.2 Å². The first-order chi connectivity index (χ1) is 13.3. The molecular weight excluding hydrogens is 356 g/mol. The van der Waals surface area contributed by atoms with Crippen LogP contribution in [0.1, 0.15) is 41.3 Å². The molecule has 1 heterocycles. The van der Waals surface area contributed by atoms with Crippen molar-refractivity contribution in [2.45, 2.75) is 39.7 Å². The van der Waals surface area contributed by atoms with Crippen LogP contribution in [0.25, 0.3) is 0 Å². The van der Waals surface area contributed by atoms with E-state index in [4.69, 9.17) is 4.74 Å². The average Bonchev–Trinajstić information content (AvgIpc) is 3.10. The highest BCUT2D eigenvalue weighted by Gasteiger charge is 2.24. The van der Waals surface area contributed by atoms with E-state index >= 15 is 0 Å². The Morgan fingerprint density at radius 3 is 2.64 bits per heavy atom. The second-order valence-electron chi connectivity index (χ2n) is 7.05. The number of esters is 1. The molecule has 2 aromatic carbocycles. The molecule has 1 atom stereocenters. The zero-order valence-electron chi connectivity index (χ0n) is 16.3. The molecule has 1 saturated heterocycles. The van der Waals surface area contributed by atoms with Gasteiger partial charge in [0.1, 0.15) is 0 Å². The largest absolute Gasteiger partial charge is 0.449 e. The summed E-state index contributed by atoms with van der Waals surface area (Å²) in [5.41, 5.74) is 3.63. The van der Waals surface area contributed by atoms with E-state index < -0.39 is 18.0 Å². The molecule has 0 bridgehead atoms. The highest BCUT2D eigenvalue weighted by molar-refractivity contribution is 5.99. The second kappa shape index (κ2) is 8.25. The van der Waals surface area contributed by atoms with E-state index in [2.05, 4.69) is 5.32 Å². The SMILES string of the molecule is Cc1ccc(C)c(NC(=O)[C@H](C)OC(=O)c2cccc(N3CCCC3=O)c2)c1. The maximum absolute atomic E-state index is 12.5. The minimum absolute atomic E-state index is 0.0480. The topological polar surface area (TPSA) is 75.7 Å². The molecule has 1 aliphatic rings. The van der Waals surface area contributed by atoms with Gasteiger partial charge in [0, 0.05) is 24.3 Å². The predicted molar refractivity (Wildman–Crippen MR) is 107 cm³/mol. The van der Waals surface area contributed by atoms with E-state index in [0.717, 1.165) is 17.5 Å². The normalized spacial score (nSPS) is 14.7. The lowest BCUT2D eigenvalue weighted by Crippen LogP contribution is -2.30. The van der Waals surface area contributed by atoms with Crippen molar-refractivity contribution in [1.29, 1.82) is 0 Å². The van der Waals surface area contributed by atoms with Gasteiger partial charge in [0.15, 0.2) is 6.10 Å². The summed E-state index contributed by atoms with van der Waals surface area (Å²) in [6.45, 7) is 6.02. The zero-order chi connectivity index (χ0) is 20.3. The van der Waals surface area contributed by atoms with E-state index in [1.807, 2.05) is 32.0 Å². The summed E-state index contributed by atoms with van der Waals surface area (Å²) in [5, 5.41) is 2.80. The summed E-state index contributed by atoms with van der Waals surface area (Å²) in [6.07, 6.45) is 0.373. The second-order valence-corrected chi connectivity index (χ2v) is 7.05. The number of amides is 2. The van der Waals surface area contributed by atoms with Gasteiger partial charge in [0.25, 0.3) is 5.91 Å². The Bertz CT molecular complexity index is 923. The number of aryl methyl sites for hydroxylation is 2. The fourth-order valence-electron chi connectivity index (χ4n) is 3.11. The van der Waals surface area contributed by atoms with E-state index in [0.29, 0.717) is 29.9 Å². The van der Waals surface area contributed by atoms with Crippen molar-refractivity contribution in [2.24, 2.45) is 0 Å². The molecule has 28 heavy (non-hydrogen) atoms. The number of nitrogens with one attached hydrogen (secondary N) is 1. The Hall–Kier alpha value is -3.15. The maximum atomic E-state index is 12.5. The molecule has 6 heteroatoms. The van der Waals surface area contributed by atoms with Gasteiger partial charge < -0.3 is 15.0 Å². The fraction of sp³-hybridized carbons (Fsp3) is 0.318. The standard InChI is InChI=1S/C22H24N2O4/c1-14-9-10-15(2)19(12-14)23-21(26)16(3)28-22(27)17-6-4-7-18(13-17)24-11-5-8-20(24)25/h4,6-7,9-10,12-13,16H,5,8,11H2,1-3H3,(H,23,26)/t16-/m0/s1. The molecule has 0 unspecified atom stereocenters. The van der Waals surface area contributed by atoms with Gasteiger partial charge in [0.2, 0.25) is 5.91 Å². The van der Waals surface area contributed by atoms with Gasteiger partial charge in [-0.25, -0.2) is 4.79 Å². The third-order valence-corrected chi connectivity index (χ3v) is 4.77. The molecule has 0 spiro atoms. The quantitative estimate of drug-likeness (QED) is 0.804. The molecule has 0 aliphatic carbocycles. The van der Waals surface area contributed by atoms with Gasteiger partial charge in [0.05, 0.1) is 5.56 Å². The molecule has 2 aromatic rings. The van der Waals surface area contributed by atoms with Gasteiger partial charge in [-0.3, -0.25) is 9.59 Å². The highest BCUT2D eigenvalue weighted by atomic mass is 16.5. The molecule has 0 aromatic heterocycles. The van der Waals surface area contributed by atoms with Crippen LogP contribution in [0, 0.1) is 13.8 Å². The first-order valence-corrected chi connectivity index (χ1v) is 9.34. The molecule has 3 rings (SSSR count). The zero-order valence-corrected chi connectivity index (χ0v) is 16.3. The summed E-state index contributed by atoms with van der Waals surface area (Å²) in [5.74, 6) is -0.947. The van der Waals surface area contributed by atoms with Crippen molar-refractivity contribution in [3.63, 3.8) is 0 Å². The monoisotopic (exact) mass is 380 g/mol. The van der Waals surface area contributed by atoms with Gasteiger partial charge in [-0.1, -0.05) is 18.2 Å². The van der Waals surface area contributed by atoms with Crippen LogP contribution in [0.4, 0.5) is 11.4 Å². The number of ether oxygens (including phenoxy) is 1. The molecule has 0 radical (unpaired) electrons. The highest BCUT2D eigenvalue weighted by Crippen LogP contribution is 2.23. The van der Waals surface area contributed by atoms with Crippen LogP contribution in [0.3, 0.4) is 0 Å². The van der Waals surface area contributed by atoms with Crippen molar-refractivity contribution in [2.75, 3.05) is 16.8 Å². The first kappa shape index (κ1) is 19.6. The number of hydrogen-bond acceptors (Lipinski definition) is 4. The Kier molecular flexibility index (Phi) is 5.78. The van der Waals surface area contributed by atoms with E-state index in [1.54, 1.807) is 29.2 Å². The van der Waals surface area contributed by atoms with Gasteiger partial charge >= 0.3 is 5.97 Å². The molecule has 1 aliphatic heterocycles. The lowest BCUT2D eigenvalue weighted by Gasteiger charge is -2.17. The summed E-state index contributed by atoms with van der Waals surface area (Å²) in [6, 6.07) is 12.5. The molecular formula is C22H24N2O4.